The summed E-state index contributed by atoms with van der Waals surface area (Å²) in [6, 6.07) is 2.76. The predicted molar refractivity (Wildman–Crippen MR) is 48.5 cm³/mol. The number of ether oxygens (including phenoxy) is 2. The molecule has 0 aliphatic rings. The molecule has 0 unspecified atom stereocenters. The molecule has 0 saturated carbocycles. The Morgan fingerprint density at radius 3 is 2.80 bits per heavy atom. The van der Waals surface area contributed by atoms with E-state index in [0.29, 0.717) is 0 Å². The minimum atomic E-state index is -0.722. The average Bonchev–Trinajstić information content (AvgIpc) is 2.20. The van der Waals surface area contributed by atoms with Gasteiger partial charge >= 0.3 is 5.97 Å². The van der Waals surface area contributed by atoms with Gasteiger partial charge in [0.1, 0.15) is 5.82 Å². The number of benzene rings is 1. The molecular weight excluding hydrogens is 206 g/mol. The lowest BCUT2D eigenvalue weighted by Crippen LogP contribution is -2.15. The molecule has 1 rings (SSSR count). The fourth-order valence-corrected chi connectivity index (χ4v) is 0.927. The predicted octanol–water partition coefficient (Wildman–Crippen LogP) is 1.91. The van der Waals surface area contributed by atoms with Crippen molar-refractivity contribution in [1.82, 2.24) is 0 Å². The lowest BCUT2D eigenvalue weighted by Gasteiger charge is -2.06. The maximum absolute atomic E-state index is 13.0. The van der Waals surface area contributed by atoms with Crippen LogP contribution in [0.5, 0.6) is 5.75 Å². The van der Waals surface area contributed by atoms with E-state index >= 15 is 0 Å². The van der Waals surface area contributed by atoms with Gasteiger partial charge in [-0.3, -0.25) is 0 Å². The van der Waals surface area contributed by atoms with E-state index in [2.05, 4.69) is 4.74 Å². The van der Waals surface area contributed by atoms with Gasteiger partial charge < -0.3 is 9.47 Å². The maximum Gasteiger partial charge on any atom is 0.344 e. The first kappa shape index (κ1) is 11.4. The minimum Gasteiger partial charge on any atom is -0.479 e. The van der Waals surface area contributed by atoms with Crippen LogP contribution in [0.4, 0.5) is 8.78 Å². The van der Waals surface area contributed by atoms with Gasteiger partial charge in [0.2, 0.25) is 0 Å². The minimum absolute atomic E-state index is 0.216. The molecule has 0 aliphatic heterocycles. The highest BCUT2D eigenvalue weighted by molar-refractivity contribution is 5.71. The highest BCUT2D eigenvalue weighted by Gasteiger charge is 2.08. The summed E-state index contributed by atoms with van der Waals surface area (Å²) in [7, 11) is 0. The largest absolute Gasteiger partial charge is 0.479 e. The first-order valence-corrected chi connectivity index (χ1v) is 4.37. The van der Waals surface area contributed by atoms with E-state index in [4.69, 9.17) is 4.74 Å². The molecule has 0 radical (unpaired) electrons. The monoisotopic (exact) mass is 216 g/mol. The van der Waals surface area contributed by atoms with E-state index < -0.39 is 24.2 Å². The summed E-state index contributed by atoms with van der Waals surface area (Å²) in [5.41, 5.74) is 0. The Bertz CT molecular complexity index is 353. The van der Waals surface area contributed by atoms with Crippen LogP contribution < -0.4 is 4.74 Å². The normalized spacial score (nSPS) is 9.80. The van der Waals surface area contributed by atoms with E-state index in [1.54, 1.807) is 6.92 Å². The molecule has 0 aromatic heterocycles. The van der Waals surface area contributed by atoms with Crippen molar-refractivity contribution in [1.29, 1.82) is 0 Å². The fourth-order valence-electron chi connectivity index (χ4n) is 0.927. The number of rotatable bonds is 4. The summed E-state index contributed by atoms with van der Waals surface area (Å²) in [5.74, 6) is -2.28. The number of esters is 1. The molecule has 1 aromatic carbocycles. The van der Waals surface area contributed by atoms with E-state index in [1.807, 2.05) is 0 Å². The molecule has 0 bridgehead atoms. The SMILES string of the molecule is CCOC(=O)COc1cc(F)ccc1F. The third-order valence-corrected chi connectivity index (χ3v) is 1.54. The van der Waals surface area contributed by atoms with Gasteiger partial charge in [-0.2, -0.15) is 0 Å². The Morgan fingerprint density at radius 1 is 1.40 bits per heavy atom. The van der Waals surface area contributed by atoms with Crippen molar-refractivity contribution < 1.29 is 23.0 Å². The Kier molecular flexibility index (Phi) is 4.03. The molecule has 0 amide bonds. The van der Waals surface area contributed by atoms with Crippen LogP contribution in [0.2, 0.25) is 0 Å². The van der Waals surface area contributed by atoms with Crippen LogP contribution in [0.1, 0.15) is 6.92 Å². The Hall–Kier alpha value is -1.65. The molecule has 0 saturated heterocycles. The van der Waals surface area contributed by atoms with Crippen LogP contribution >= 0.6 is 0 Å². The summed E-state index contributed by atoms with van der Waals surface area (Å²) < 4.78 is 34.9. The van der Waals surface area contributed by atoms with Crippen molar-refractivity contribution in [3.05, 3.63) is 29.8 Å². The van der Waals surface area contributed by atoms with Gasteiger partial charge in [0.05, 0.1) is 6.61 Å². The molecule has 0 atom stereocenters. The van der Waals surface area contributed by atoms with Crippen molar-refractivity contribution in [2.45, 2.75) is 6.92 Å². The van der Waals surface area contributed by atoms with Crippen molar-refractivity contribution in [2.75, 3.05) is 13.2 Å². The average molecular weight is 216 g/mol. The van der Waals surface area contributed by atoms with Crippen molar-refractivity contribution in [3.63, 3.8) is 0 Å². The molecule has 0 spiro atoms. The zero-order chi connectivity index (χ0) is 11.3. The molecular formula is C10H10F2O3. The summed E-state index contributed by atoms with van der Waals surface area (Å²) in [6.07, 6.45) is 0. The van der Waals surface area contributed by atoms with Gasteiger partial charge in [-0.05, 0) is 19.1 Å². The van der Waals surface area contributed by atoms with Crippen molar-refractivity contribution in [3.8, 4) is 5.75 Å². The maximum atomic E-state index is 13.0. The Balaban J connectivity index is 2.57. The molecule has 0 aliphatic carbocycles. The van der Waals surface area contributed by atoms with Gasteiger partial charge in [-0.25, -0.2) is 13.6 Å². The molecule has 0 N–H and O–H groups in total. The number of hydrogen-bond donors (Lipinski definition) is 0. The number of carbonyl (C=O) groups excluding carboxylic acids is 1. The highest BCUT2D eigenvalue weighted by atomic mass is 19.1. The van der Waals surface area contributed by atoms with Gasteiger partial charge in [-0.1, -0.05) is 0 Å². The lowest BCUT2D eigenvalue weighted by atomic mass is 10.3. The number of halogens is 2. The Labute approximate surface area is 85.6 Å². The quantitative estimate of drug-likeness (QED) is 0.721. The summed E-state index contributed by atoms with van der Waals surface area (Å²) in [6.45, 7) is 1.42. The second-order valence-electron chi connectivity index (χ2n) is 2.67. The molecule has 0 fully saturated rings. The lowest BCUT2D eigenvalue weighted by molar-refractivity contribution is -0.145. The third kappa shape index (κ3) is 3.53. The van der Waals surface area contributed by atoms with Crippen LogP contribution in [0.25, 0.3) is 0 Å². The second-order valence-corrected chi connectivity index (χ2v) is 2.67. The van der Waals surface area contributed by atoms with Crippen LogP contribution in [-0.2, 0) is 9.53 Å². The highest BCUT2D eigenvalue weighted by Crippen LogP contribution is 2.17. The van der Waals surface area contributed by atoms with Crippen LogP contribution in [0, 0.1) is 11.6 Å². The number of carbonyl (C=O) groups is 1. The van der Waals surface area contributed by atoms with Crippen LogP contribution in [-0.4, -0.2) is 19.2 Å². The third-order valence-electron chi connectivity index (χ3n) is 1.54. The first-order chi connectivity index (χ1) is 7.13. The molecule has 5 heteroatoms. The van der Waals surface area contributed by atoms with Gasteiger partial charge in [0.15, 0.2) is 18.2 Å². The molecule has 3 nitrogen and oxygen atoms in total. The van der Waals surface area contributed by atoms with E-state index in [-0.39, 0.29) is 12.4 Å². The molecule has 1 aromatic rings. The van der Waals surface area contributed by atoms with Crippen LogP contribution in [0.3, 0.4) is 0 Å². The van der Waals surface area contributed by atoms with E-state index in [0.717, 1.165) is 18.2 Å². The molecule has 0 heterocycles. The Morgan fingerprint density at radius 2 is 2.13 bits per heavy atom. The fraction of sp³-hybridized carbons (Fsp3) is 0.300. The zero-order valence-corrected chi connectivity index (χ0v) is 8.13. The molecule has 82 valence electrons. The summed E-state index contributed by atoms with van der Waals surface area (Å²) in [4.78, 5) is 10.8. The van der Waals surface area contributed by atoms with Crippen LogP contribution in [0.15, 0.2) is 18.2 Å². The van der Waals surface area contributed by atoms with Crippen molar-refractivity contribution in [2.24, 2.45) is 0 Å². The van der Waals surface area contributed by atoms with E-state index in [9.17, 15) is 13.6 Å². The topological polar surface area (TPSA) is 35.5 Å². The standard InChI is InChI=1S/C10H10F2O3/c1-2-14-10(13)6-15-9-5-7(11)3-4-8(9)12/h3-5H,2,6H2,1H3. The summed E-state index contributed by atoms with van der Waals surface area (Å²) >= 11 is 0. The summed E-state index contributed by atoms with van der Waals surface area (Å²) in [5, 5.41) is 0. The van der Waals surface area contributed by atoms with Gasteiger partial charge in [-0.15, -0.1) is 0 Å². The first-order valence-electron chi connectivity index (χ1n) is 4.37. The van der Waals surface area contributed by atoms with Gasteiger partial charge in [0, 0.05) is 6.07 Å². The smallest absolute Gasteiger partial charge is 0.344 e. The van der Waals surface area contributed by atoms with E-state index in [1.165, 1.54) is 0 Å². The van der Waals surface area contributed by atoms with Crippen molar-refractivity contribution >= 4 is 5.97 Å². The number of hydrogen-bond acceptors (Lipinski definition) is 3. The van der Waals surface area contributed by atoms with Gasteiger partial charge in [0.25, 0.3) is 0 Å². The second kappa shape index (κ2) is 5.29. The zero-order valence-electron chi connectivity index (χ0n) is 8.13. The molecule has 15 heavy (non-hydrogen) atoms.